The molecule has 0 amide bonds. The molecule has 21 heavy (non-hydrogen) atoms. The van der Waals surface area contributed by atoms with Crippen LogP contribution in [0, 0.1) is 13.8 Å². The van der Waals surface area contributed by atoms with Gasteiger partial charge in [-0.3, -0.25) is 4.21 Å². The quantitative estimate of drug-likeness (QED) is 0.884. The van der Waals surface area contributed by atoms with Gasteiger partial charge < -0.3 is 5.32 Å². The van der Waals surface area contributed by atoms with Crippen molar-refractivity contribution in [3.8, 4) is 0 Å². The maximum absolute atomic E-state index is 12.4. The van der Waals surface area contributed by atoms with Gasteiger partial charge in [0.25, 0.3) is 0 Å². The number of hydrogen-bond donors (Lipinski definition) is 1. The first-order valence-corrected chi connectivity index (χ1v) is 8.72. The van der Waals surface area contributed by atoms with Crippen LogP contribution in [0.25, 0.3) is 0 Å². The predicted octanol–water partition coefficient (Wildman–Crippen LogP) is 3.51. The van der Waals surface area contributed by atoms with E-state index in [0.717, 1.165) is 5.56 Å². The minimum atomic E-state index is -0.876. The van der Waals surface area contributed by atoms with Gasteiger partial charge in [0.2, 0.25) is 0 Å². The lowest BCUT2D eigenvalue weighted by Crippen LogP contribution is -2.23. The first kappa shape index (κ1) is 15.9. The topological polar surface area (TPSA) is 29.1 Å². The van der Waals surface area contributed by atoms with Gasteiger partial charge in [0.05, 0.1) is 0 Å². The van der Waals surface area contributed by atoms with Gasteiger partial charge in [0.15, 0.2) is 0 Å². The minimum absolute atomic E-state index is 0.133. The fourth-order valence-corrected chi connectivity index (χ4v) is 3.75. The molecule has 112 valence electrons. The fourth-order valence-electron chi connectivity index (χ4n) is 2.33. The van der Waals surface area contributed by atoms with Crippen LogP contribution < -0.4 is 5.32 Å². The van der Waals surface area contributed by atoms with Crippen molar-refractivity contribution < 1.29 is 4.21 Å². The Labute approximate surface area is 130 Å². The molecule has 2 aromatic rings. The predicted molar refractivity (Wildman–Crippen MR) is 90.9 cm³/mol. The highest BCUT2D eigenvalue weighted by Crippen LogP contribution is 2.19. The summed E-state index contributed by atoms with van der Waals surface area (Å²) >= 11 is 0. The summed E-state index contributed by atoms with van der Waals surface area (Å²) in [4.78, 5) is 0. The van der Waals surface area contributed by atoms with Crippen LogP contribution in [0.5, 0.6) is 0 Å². The number of aryl methyl sites for hydroxylation is 2. The normalized spacial score (nSPS) is 13.9. The van der Waals surface area contributed by atoms with Gasteiger partial charge in [-0.1, -0.05) is 48.5 Å². The molecule has 0 aliphatic carbocycles. The summed E-state index contributed by atoms with van der Waals surface area (Å²) < 4.78 is 12.4. The van der Waals surface area contributed by atoms with Gasteiger partial charge in [-0.05, 0) is 43.1 Å². The van der Waals surface area contributed by atoms with E-state index in [9.17, 15) is 4.21 Å². The van der Waals surface area contributed by atoms with Crippen molar-refractivity contribution in [1.82, 2.24) is 5.32 Å². The van der Waals surface area contributed by atoms with Crippen molar-refractivity contribution in [1.29, 1.82) is 0 Å². The molecule has 0 aromatic heterocycles. The van der Waals surface area contributed by atoms with Gasteiger partial charge in [-0.2, -0.15) is 0 Å². The Bertz CT molecular complexity index is 610. The molecular formula is C18H23NOS. The zero-order chi connectivity index (χ0) is 15.2. The van der Waals surface area contributed by atoms with Crippen molar-refractivity contribution >= 4 is 10.8 Å². The Kier molecular flexibility index (Phi) is 5.71. The summed E-state index contributed by atoms with van der Waals surface area (Å²) in [5.41, 5.74) is 4.91. The zero-order valence-electron chi connectivity index (χ0n) is 12.9. The minimum Gasteiger partial charge on any atom is -0.312 e. The van der Waals surface area contributed by atoms with Crippen LogP contribution in [0.15, 0.2) is 48.5 Å². The molecule has 2 nitrogen and oxygen atoms in total. The van der Waals surface area contributed by atoms with Crippen molar-refractivity contribution in [3.63, 3.8) is 0 Å². The molecule has 1 N–H and O–H groups in total. The third-order valence-electron chi connectivity index (χ3n) is 3.80. The van der Waals surface area contributed by atoms with Crippen LogP contribution >= 0.6 is 0 Å². The standard InChI is InChI=1S/C18H23NOS/c1-14-9-10-17(11-15(14)2)18(19-3)13-21(20)12-16-7-5-4-6-8-16/h4-11,18-19H,12-13H2,1-3H3. The second-order valence-electron chi connectivity index (χ2n) is 5.42. The maximum Gasteiger partial charge on any atom is 0.0486 e. The smallest absolute Gasteiger partial charge is 0.0486 e. The van der Waals surface area contributed by atoms with E-state index in [1.54, 1.807) is 0 Å². The van der Waals surface area contributed by atoms with E-state index in [-0.39, 0.29) is 6.04 Å². The average Bonchev–Trinajstić information content (AvgIpc) is 2.49. The van der Waals surface area contributed by atoms with Gasteiger partial charge in [0, 0.05) is 28.3 Å². The molecule has 0 fully saturated rings. The molecule has 3 heteroatoms. The number of nitrogens with one attached hydrogen (secondary N) is 1. The Hall–Kier alpha value is -1.45. The van der Waals surface area contributed by atoms with Crippen molar-refractivity contribution in [2.45, 2.75) is 25.6 Å². The summed E-state index contributed by atoms with van der Waals surface area (Å²) in [6, 6.07) is 16.6. The summed E-state index contributed by atoms with van der Waals surface area (Å²) in [6.07, 6.45) is 0. The molecule has 0 saturated heterocycles. The molecule has 2 aromatic carbocycles. The summed E-state index contributed by atoms with van der Waals surface area (Å²) in [5, 5.41) is 3.29. The molecule has 0 spiro atoms. The molecule has 2 unspecified atom stereocenters. The summed E-state index contributed by atoms with van der Waals surface area (Å²) in [5.74, 6) is 1.25. The number of rotatable bonds is 6. The SMILES string of the molecule is CNC(CS(=O)Cc1ccccc1)c1ccc(C)c(C)c1. The molecule has 0 aliphatic heterocycles. The van der Waals surface area contributed by atoms with Crippen molar-refractivity contribution in [2.75, 3.05) is 12.8 Å². The van der Waals surface area contributed by atoms with E-state index in [1.807, 2.05) is 37.4 Å². The first-order valence-electron chi connectivity index (χ1n) is 7.23. The largest absolute Gasteiger partial charge is 0.312 e. The van der Waals surface area contributed by atoms with Gasteiger partial charge >= 0.3 is 0 Å². The first-order chi connectivity index (χ1) is 10.1. The molecule has 0 radical (unpaired) electrons. The van der Waals surface area contributed by atoms with Crippen LogP contribution in [0.3, 0.4) is 0 Å². The summed E-state index contributed by atoms with van der Waals surface area (Å²) in [6.45, 7) is 4.23. The van der Waals surface area contributed by atoms with Crippen LogP contribution in [0.2, 0.25) is 0 Å². The second-order valence-corrected chi connectivity index (χ2v) is 6.92. The van der Waals surface area contributed by atoms with E-state index in [4.69, 9.17) is 0 Å². The van der Waals surface area contributed by atoms with Crippen LogP contribution in [-0.2, 0) is 16.6 Å². The van der Waals surface area contributed by atoms with Crippen molar-refractivity contribution in [3.05, 3.63) is 70.8 Å². The highest BCUT2D eigenvalue weighted by molar-refractivity contribution is 7.84. The van der Waals surface area contributed by atoms with Gasteiger partial charge in [-0.15, -0.1) is 0 Å². The average molecular weight is 301 g/mol. The molecule has 0 saturated carbocycles. The van der Waals surface area contributed by atoms with Crippen LogP contribution in [0.4, 0.5) is 0 Å². The van der Waals surface area contributed by atoms with Gasteiger partial charge in [0.1, 0.15) is 0 Å². The molecule has 2 rings (SSSR count). The van der Waals surface area contributed by atoms with Crippen molar-refractivity contribution in [2.24, 2.45) is 0 Å². The molecule has 0 aliphatic rings. The Morgan fingerprint density at radius 3 is 2.38 bits per heavy atom. The lowest BCUT2D eigenvalue weighted by atomic mass is 10.0. The van der Waals surface area contributed by atoms with Crippen LogP contribution in [-0.4, -0.2) is 17.0 Å². The molecule has 0 bridgehead atoms. The highest BCUT2D eigenvalue weighted by Gasteiger charge is 2.14. The fraction of sp³-hybridized carbons (Fsp3) is 0.333. The lowest BCUT2D eigenvalue weighted by Gasteiger charge is -2.17. The lowest BCUT2D eigenvalue weighted by molar-refractivity contribution is 0.635. The third-order valence-corrected chi connectivity index (χ3v) is 5.17. The highest BCUT2D eigenvalue weighted by atomic mass is 32.2. The van der Waals surface area contributed by atoms with E-state index in [1.165, 1.54) is 16.7 Å². The maximum atomic E-state index is 12.4. The Morgan fingerprint density at radius 2 is 1.76 bits per heavy atom. The van der Waals surface area contributed by atoms with E-state index < -0.39 is 10.8 Å². The Morgan fingerprint density at radius 1 is 1.05 bits per heavy atom. The summed E-state index contributed by atoms with van der Waals surface area (Å²) in [7, 11) is 1.05. The van der Waals surface area contributed by atoms with E-state index in [0.29, 0.717) is 11.5 Å². The molecular weight excluding hydrogens is 278 g/mol. The van der Waals surface area contributed by atoms with E-state index in [2.05, 4.69) is 37.4 Å². The molecule has 0 heterocycles. The van der Waals surface area contributed by atoms with E-state index >= 15 is 0 Å². The Balaban J connectivity index is 2.04. The number of benzene rings is 2. The zero-order valence-corrected chi connectivity index (χ0v) is 13.7. The van der Waals surface area contributed by atoms with Crippen LogP contribution in [0.1, 0.15) is 28.3 Å². The second kappa shape index (κ2) is 7.53. The third kappa shape index (κ3) is 4.51. The van der Waals surface area contributed by atoms with Gasteiger partial charge in [-0.25, -0.2) is 0 Å². The monoisotopic (exact) mass is 301 g/mol. The molecule has 2 atom stereocenters. The number of hydrogen-bond acceptors (Lipinski definition) is 2.